The van der Waals surface area contributed by atoms with Crippen molar-refractivity contribution in [3.8, 4) is 0 Å². The van der Waals surface area contributed by atoms with E-state index >= 15 is 0 Å². The predicted octanol–water partition coefficient (Wildman–Crippen LogP) is 6.36. The van der Waals surface area contributed by atoms with E-state index in [9.17, 15) is 18.0 Å². The number of piperidine rings is 1. The number of hydrogen-bond donors (Lipinski definition) is 1. The van der Waals surface area contributed by atoms with Gasteiger partial charge in [-0.05, 0) is 43.9 Å². The Morgan fingerprint density at radius 3 is 2.63 bits per heavy atom. The van der Waals surface area contributed by atoms with E-state index in [0.717, 1.165) is 22.3 Å². The molecule has 0 bridgehead atoms. The summed E-state index contributed by atoms with van der Waals surface area (Å²) in [5.41, 5.74) is 3.84. The molecule has 1 N–H and O–H groups in total. The van der Waals surface area contributed by atoms with Crippen molar-refractivity contribution in [3.05, 3.63) is 46.7 Å². The van der Waals surface area contributed by atoms with Gasteiger partial charge in [0.2, 0.25) is 0 Å². The highest BCUT2D eigenvalue weighted by Crippen LogP contribution is 2.38. The molecule has 6 nitrogen and oxygen atoms in total. The van der Waals surface area contributed by atoms with Gasteiger partial charge in [0.05, 0.1) is 29.7 Å². The summed E-state index contributed by atoms with van der Waals surface area (Å²) in [6.45, 7) is 4.73. The van der Waals surface area contributed by atoms with Crippen LogP contribution >= 0.6 is 23.4 Å². The van der Waals surface area contributed by atoms with Crippen LogP contribution in [0.3, 0.4) is 0 Å². The van der Waals surface area contributed by atoms with E-state index in [4.69, 9.17) is 21.7 Å². The van der Waals surface area contributed by atoms with Gasteiger partial charge in [0.25, 0.3) is 0 Å². The summed E-state index contributed by atoms with van der Waals surface area (Å²) in [5.74, 6) is -1.69. The highest BCUT2D eigenvalue weighted by atomic mass is 35.5. The van der Waals surface area contributed by atoms with E-state index in [-0.39, 0.29) is 25.3 Å². The van der Waals surface area contributed by atoms with Crippen LogP contribution in [0.1, 0.15) is 43.9 Å². The first-order chi connectivity index (χ1) is 16.5. The number of halogens is 4. The Balaban J connectivity index is 1.57. The molecule has 2 aromatic heterocycles. The van der Waals surface area contributed by atoms with Crippen LogP contribution < -0.4 is 4.90 Å². The van der Waals surface area contributed by atoms with Gasteiger partial charge < -0.3 is 14.6 Å². The molecule has 0 saturated carbocycles. The lowest BCUT2D eigenvalue weighted by atomic mass is 9.96. The minimum absolute atomic E-state index is 0.0692. The highest BCUT2D eigenvalue weighted by molar-refractivity contribution is 7.98. The number of carboxylic acid groups (broad SMARTS) is 1. The van der Waals surface area contributed by atoms with Gasteiger partial charge in [0.15, 0.2) is 5.16 Å². The average Bonchev–Trinajstić information content (AvgIpc) is 3.18. The molecule has 1 aliphatic rings. The third-order valence-electron chi connectivity index (χ3n) is 6.20. The molecule has 1 aromatic carbocycles. The maximum absolute atomic E-state index is 13.1. The van der Waals surface area contributed by atoms with E-state index in [0.29, 0.717) is 34.6 Å². The molecule has 0 radical (unpaired) electrons. The van der Waals surface area contributed by atoms with Gasteiger partial charge in [-0.3, -0.25) is 4.79 Å². The summed E-state index contributed by atoms with van der Waals surface area (Å²) in [4.78, 5) is 22.3. The van der Waals surface area contributed by atoms with Crippen molar-refractivity contribution in [3.63, 3.8) is 0 Å². The van der Waals surface area contributed by atoms with Crippen LogP contribution in [0.5, 0.6) is 0 Å². The van der Waals surface area contributed by atoms with Crippen LogP contribution in [-0.2, 0) is 17.0 Å². The lowest BCUT2D eigenvalue weighted by Gasteiger charge is -2.33. The second-order valence-electron chi connectivity index (χ2n) is 8.99. The van der Waals surface area contributed by atoms with Gasteiger partial charge in [0.1, 0.15) is 5.52 Å². The number of alkyl halides is 3. The fourth-order valence-electron chi connectivity index (χ4n) is 4.34. The molecular formula is C24H26ClF3N4O2S. The summed E-state index contributed by atoms with van der Waals surface area (Å²) in [5, 5.41) is 10.0. The number of anilines is 1. The van der Waals surface area contributed by atoms with Crippen molar-refractivity contribution >= 4 is 46.1 Å². The number of aromatic nitrogens is 3. The summed E-state index contributed by atoms with van der Waals surface area (Å²) >= 11 is 7.52. The topological polar surface area (TPSA) is 71.2 Å². The Morgan fingerprint density at radius 1 is 1.29 bits per heavy atom. The summed E-state index contributed by atoms with van der Waals surface area (Å²) < 4.78 is 41.5. The van der Waals surface area contributed by atoms with Crippen molar-refractivity contribution in [1.29, 1.82) is 0 Å². The van der Waals surface area contributed by atoms with Crippen molar-refractivity contribution in [1.82, 2.24) is 14.5 Å². The van der Waals surface area contributed by atoms with Crippen LogP contribution in [0.15, 0.2) is 35.7 Å². The number of carboxylic acids is 1. The van der Waals surface area contributed by atoms with Crippen LogP contribution in [0.2, 0.25) is 5.02 Å². The van der Waals surface area contributed by atoms with E-state index in [1.54, 1.807) is 18.3 Å². The number of rotatable bonds is 7. The SMILES string of the molecule is CC(C)n1cc(N2CCC(C(F)(F)F)CC2)c2nc(SCc3ccc(Cl)c(CC(=O)O)c3)ncc21. The maximum atomic E-state index is 13.1. The first-order valence-electron chi connectivity index (χ1n) is 11.3. The third-order valence-corrected chi connectivity index (χ3v) is 7.51. The fourth-order valence-corrected chi connectivity index (χ4v) is 5.28. The number of fused-ring (bicyclic) bond motifs is 1. The molecule has 188 valence electrons. The number of benzene rings is 1. The molecule has 4 rings (SSSR count). The number of aliphatic carboxylic acids is 1. The van der Waals surface area contributed by atoms with Gasteiger partial charge >= 0.3 is 12.1 Å². The first-order valence-corrected chi connectivity index (χ1v) is 12.7. The van der Waals surface area contributed by atoms with E-state index in [2.05, 4.69) is 4.98 Å². The molecular weight excluding hydrogens is 501 g/mol. The van der Waals surface area contributed by atoms with Gasteiger partial charge in [-0.2, -0.15) is 13.2 Å². The Bertz CT molecular complexity index is 1220. The van der Waals surface area contributed by atoms with E-state index in [1.165, 1.54) is 11.8 Å². The Kier molecular flexibility index (Phi) is 7.51. The minimum atomic E-state index is -4.16. The number of carbonyl (C=O) groups is 1. The zero-order valence-electron chi connectivity index (χ0n) is 19.3. The molecule has 0 aliphatic carbocycles. The van der Waals surface area contributed by atoms with Gasteiger partial charge in [-0.1, -0.05) is 35.5 Å². The lowest BCUT2D eigenvalue weighted by molar-refractivity contribution is -0.179. The molecule has 1 fully saturated rings. The van der Waals surface area contributed by atoms with Gasteiger partial charge in [-0.15, -0.1) is 0 Å². The lowest BCUT2D eigenvalue weighted by Crippen LogP contribution is -2.39. The molecule has 11 heteroatoms. The minimum Gasteiger partial charge on any atom is -0.481 e. The molecule has 0 atom stereocenters. The number of nitrogens with zero attached hydrogens (tertiary/aromatic N) is 4. The normalized spacial score (nSPS) is 15.3. The zero-order chi connectivity index (χ0) is 25.3. The molecule has 0 spiro atoms. The predicted molar refractivity (Wildman–Crippen MR) is 131 cm³/mol. The molecule has 3 aromatic rings. The number of thioether (sulfide) groups is 1. The second kappa shape index (κ2) is 10.3. The molecule has 1 aliphatic heterocycles. The van der Waals surface area contributed by atoms with Crippen LogP contribution in [0.25, 0.3) is 11.0 Å². The highest BCUT2D eigenvalue weighted by Gasteiger charge is 2.41. The quantitative estimate of drug-likeness (QED) is 0.285. The van der Waals surface area contributed by atoms with Crippen molar-refractivity contribution in [2.75, 3.05) is 18.0 Å². The van der Waals surface area contributed by atoms with Crippen LogP contribution in [0.4, 0.5) is 18.9 Å². The van der Waals surface area contributed by atoms with Gasteiger partial charge in [0, 0.05) is 36.1 Å². The molecule has 1 saturated heterocycles. The number of hydrogen-bond acceptors (Lipinski definition) is 5. The monoisotopic (exact) mass is 526 g/mol. The third kappa shape index (κ3) is 5.86. The van der Waals surface area contributed by atoms with Crippen molar-refractivity contribution in [2.24, 2.45) is 5.92 Å². The van der Waals surface area contributed by atoms with Crippen LogP contribution in [-0.4, -0.2) is 44.9 Å². The smallest absolute Gasteiger partial charge is 0.391 e. The molecule has 0 amide bonds. The van der Waals surface area contributed by atoms with E-state index in [1.807, 2.05) is 35.6 Å². The van der Waals surface area contributed by atoms with Gasteiger partial charge in [-0.25, -0.2) is 9.97 Å². The Labute approximate surface area is 210 Å². The zero-order valence-corrected chi connectivity index (χ0v) is 20.9. The standard InChI is InChI=1S/C24H26ClF3N4O2S/c1-14(2)32-12-20(31-7-5-17(6-8-31)24(26,27)28)22-19(32)11-29-23(30-22)35-13-15-3-4-18(25)16(9-15)10-21(33)34/h3-4,9,11-12,14,17H,5-8,10,13H2,1-2H3,(H,33,34). The average molecular weight is 527 g/mol. The fraction of sp³-hybridized carbons (Fsp3) is 0.458. The maximum Gasteiger partial charge on any atom is 0.391 e. The summed E-state index contributed by atoms with van der Waals surface area (Å²) in [6, 6.07) is 5.44. The van der Waals surface area contributed by atoms with Crippen molar-refractivity contribution < 1.29 is 23.1 Å². The largest absolute Gasteiger partial charge is 0.481 e. The summed E-state index contributed by atoms with van der Waals surface area (Å²) in [7, 11) is 0. The Morgan fingerprint density at radius 2 is 2.00 bits per heavy atom. The van der Waals surface area contributed by atoms with Crippen LogP contribution in [0, 0.1) is 5.92 Å². The van der Waals surface area contributed by atoms with E-state index < -0.39 is 18.1 Å². The Hall–Kier alpha value is -2.46. The second-order valence-corrected chi connectivity index (χ2v) is 10.3. The molecule has 3 heterocycles. The first kappa shape index (κ1) is 25.6. The molecule has 35 heavy (non-hydrogen) atoms. The van der Waals surface area contributed by atoms with Crippen molar-refractivity contribution in [2.45, 2.75) is 56.2 Å². The summed E-state index contributed by atoms with van der Waals surface area (Å²) in [6.07, 6.45) is -0.454. The molecule has 0 unspecified atom stereocenters.